The molecule has 0 saturated carbocycles. The van der Waals surface area contributed by atoms with E-state index in [1.807, 2.05) is 18.2 Å². The Kier molecular flexibility index (Phi) is 3.44. The Hall–Kier alpha value is -2.28. The summed E-state index contributed by atoms with van der Waals surface area (Å²) in [4.78, 5) is 4.40. The van der Waals surface area contributed by atoms with E-state index in [2.05, 4.69) is 43.8 Å². The fourth-order valence-corrected chi connectivity index (χ4v) is 5.02. The van der Waals surface area contributed by atoms with Crippen LogP contribution in [0.15, 0.2) is 23.5 Å². The van der Waals surface area contributed by atoms with E-state index in [4.69, 9.17) is 10.5 Å². The summed E-state index contributed by atoms with van der Waals surface area (Å²) in [6, 6.07) is 8.00. The number of hydrogen-bond acceptors (Lipinski definition) is 6. The van der Waals surface area contributed by atoms with E-state index in [1.54, 1.807) is 11.3 Å². The van der Waals surface area contributed by atoms with Crippen molar-refractivity contribution in [2.24, 2.45) is 0 Å². The monoisotopic (exact) mass is 326 g/mol. The topological polar surface area (TPSA) is 54.1 Å². The minimum absolute atomic E-state index is 0.186. The maximum absolute atomic E-state index is 8.97. The molecule has 1 aliphatic rings. The van der Waals surface area contributed by atoms with Gasteiger partial charge < -0.3 is 9.80 Å². The first-order valence-corrected chi connectivity index (χ1v) is 8.34. The number of rotatable bonds is 0. The smallest absolute Gasteiger partial charge is 0.146 e. The van der Waals surface area contributed by atoms with Crippen molar-refractivity contribution in [1.29, 1.82) is 10.5 Å². The number of allylic oxidation sites excluding steroid dienone is 2. The van der Waals surface area contributed by atoms with Gasteiger partial charge in [-0.15, -0.1) is 22.7 Å². The fraction of sp³-hybridized carbons (Fsp3) is 0.250. The van der Waals surface area contributed by atoms with Crippen molar-refractivity contribution in [1.82, 2.24) is 9.80 Å². The molecule has 2 aromatic heterocycles. The van der Waals surface area contributed by atoms with E-state index in [-0.39, 0.29) is 5.57 Å². The molecule has 6 heteroatoms. The van der Waals surface area contributed by atoms with Gasteiger partial charge in [0, 0.05) is 34.9 Å². The fourth-order valence-electron chi connectivity index (χ4n) is 2.56. The Bertz CT molecular complexity index is 934. The molecule has 0 radical (unpaired) electrons. The van der Waals surface area contributed by atoms with Crippen LogP contribution < -0.4 is 9.06 Å². The molecule has 0 fully saturated rings. The molecule has 0 aliphatic carbocycles. The quantitative estimate of drug-likeness (QED) is 0.746. The predicted octanol–water partition coefficient (Wildman–Crippen LogP) is 2.35. The third-order valence-electron chi connectivity index (χ3n) is 4.06. The standard InChI is InChI=1S/C16H14N4S2/c1-9-10(2)20(4)16(19(9)3)15-6-14-13(22-15)5-12(21-14)11(7-17)8-18/h5-6H,1-4H3. The van der Waals surface area contributed by atoms with Crippen LogP contribution in [0.2, 0.25) is 0 Å². The van der Waals surface area contributed by atoms with Gasteiger partial charge in [-0.2, -0.15) is 10.5 Å². The van der Waals surface area contributed by atoms with Gasteiger partial charge >= 0.3 is 0 Å². The van der Waals surface area contributed by atoms with Gasteiger partial charge in [0.15, 0.2) is 0 Å². The molecule has 2 aromatic rings. The van der Waals surface area contributed by atoms with Crippen molar-refractivity contribution in [2.75, 3.05) is 14.1 Å². The van der Waals surface area contributed by atoms with Crippen molar-refractivity contribution in [3.8, 4) is 12.1 Å². The van der Waals surface area contributed by atoms with Crippen LogP contribution in [0.1, 0.15) is 13.8 Å². The molecule has 4 nitrogen and oxygen atoms in total. The number of fused-ring (bicyclic) bond motifs is 1. The van der Waals surface area contributed by atoms with E-state index in [9.17, 15) is 0 Å². The SMILES string of the molecule is CC1=C(C)N(C)C(=c2cc3sc(=C(C#N)C#N)cc3s2)N1C. The summed E-state index contributed by atoms with van der Waals surface area (Å²) in [5.74, 6) is 1.18. The van der Waals surface area contributed by atoms with Crippen LogP contribution >= 0.6 is 22.7 Å². The molecule has 0 bridgehead atoms. The second-order valence-electron chi connectivity index (χ2n) is 5.16. The van der Waals surface area contributed by atoms with Gasteiger partial charge in [0.25, 0.3) is 0 Å². The van der Waals surface area contributed by atoms with Gasteiger partial charge in [0.05, 0.1) is 9.06 Å². The molecule has 0 aromatic carbocycles. The van der Waals surface area contributed by atoms with Gasteiger partial charge in [0.1, 0.15) is 23.5 Å². The van der Waals surface area contributed by atoms with Crippen LogP contribution in [0.25, 0.3) is 20.8 Å². The molecule has 3 rings (SSSR count). The molecule has 0 N–H and O–H groups in total. The predicted molar refractivity (Wildman–Crippen MR) is 90.9 cm³/mol. The second kappa shape index (κ2) is 5.17. The van der Waals surface area contributed by atoms with E-state index in [1.165, 1.54) is 33.1 Å². The third kappa shape index (κ3) is 2.00. The lowest BCUT2D eigenvalue weighted by Gasteiger charge is -2.19. The highest BCUT2D eigenvalue weighted by atomic mass is 32.1. The Labute approximate surface area is 136 Å². The summed E-state index contributed by atoms with van der Waals surface area (Å²) in [5.41, 5.74) is 2.69. The first-order chi connectivity index (χ1) is 10.5. The van der Waals surface area contributed by atoms with Crippen molar-refractivity contribution in [3.63, 3.8) is 0 Å². The zero-order chi connectivity index (χ0) is 16.0. The molecule has 0 spiro atoms. The lowest BCUT2D eigenvalue weighted by Crippen LogP contribution is -2.23. The van der Waals surface area contributed by atoms with Gasteiger partial charge in [-0.25, -0.2) is 0 Å². The Morgan fingerprint density at radius 3 is 2.00 bits per heavy atom. The average Bonchev–Trinajstić information content (AvgIpc) is 3.10. The van der Waals surface area contributed by atoms with Crippen LogP contribution in [0.5, 0.6) is 0 Å². The maximum Gasteiger partial charge on any atom is 0.146 e. The molecule has 22 heavy (non-hydrogen) atoms. The summed E-state index contributed by atoms with van der Waals surface area (Å²) in [6.45, 7) is 4.24. The maximum atomic E-state index is 8.97. The Morgan fingerprint density at radius 2 is 1.50 bits per heavy atom. The summed E-state index contributed by atoms with van der Waals surface area (Å²) in [6.07, 6.45) is 0. The lowest BCUT2D eigenvalue weighted by atomic mass is 10.3. The van der Waals surface area contributed by atoms with Crippen molar-refractivity contribution >= 4 is 43.5 Å². The Balaban J connectivity index is 2.23. The summed E-state index contributed by atoms with van der Waals surface area (Å²) < 4.78 is 4.19. The summed E-state index contributed by atoms with van der Waals surface area (Å²) >= 11 is 3.20. The van der Waals surface area contributed by atoms with E-state index in [0.29, 0.717) is 0 Å². The minimum atomic E-state index is 0.186. The van der Waals surface area contributed by atoms with Crippen molar-refractivity contribution in [2.45, 2.75) is 13.8 Å². The Morgan fingerprint density at radius 1 is 0.955 bits per heavy atom. The highest BCUT2D eigenvalue weighted by Gasteiger charge is 2.24. The highest BCUT2D eigenvalue weighted by molar-refractivity contribution is 7.25. The van der Waals surface area contributed by atoms with E-state index in [0.717, 1.165) is 13.9 Å². The van der Waals surface area contributed by atoms with Gasteiger partial charge in [-0.05, 0) is 26.0 Å². The molecule has 0 amide bonds. The van der Waals surface area contributed by atoms with Crippen LogP contribution in [0, 0.1) is 22.7 Å². The molecular formula is C16H14N4S2. The lowest BCUT2D eigenvalue weighted by molar-refractivity contribution is 0.519. The van der Waals surface area contributed by atoms with Crippen LogP contribution in [-0.2, 0) is 0 Å². The molecule has 1 aliphatic heterocycles. The van der Waals surface area contributed by atoms with E-state index >= 15 is 0 Å². The number of hydrogen-bond donors (Lipinski definition) is 0. The van der Waals surface area contributed by atoms with E-state index < -0.39 is 0 Å². The van der Waals surface area contributed by atoms with Gasteiger partial charge in [-0.3, -0.25) is 0 Å². The highest BCUT2D eigenvalue weighted by Crippen LogP contribution is 2.30. The third-order valence-corrected chi connectivity index (χ3v) is 6.37. The van der Waals surface area contributed by atoms with Crippen LogP contribution in [0.4, 0.5) is 0 Å². The second-order valence-corrected chi connectivity index (χ2v) is 7.33. The zero-order valence-electron chi connectivity index (χ0n) is 12.8. The largest absolute Gasteiger partial charge is 0.332 e. The van der Waals surface area contributed by atoms with Gasteiger partial charge in [0.2, 0.25) is 0 Å². The molecular weight excluding hydrogens is 312 g/mol. The number of thiophene rings is 2. The van der Waals surface area contributed by atoms with Crippen molar-refractivity contribution in [3.05, 3.63) is 32.6 Å². The minimum Gasteiger partial charge on any atom is -0.332 e. The number of nitriles is 2. The molecule has 0 unspecified atom stereocenters. The molecule has 3 heterocycles. The van der Waals surface area contributed by atoms with Crippen molar-refractivity contribution < 1.29 is 0 Å². The summed E-state index contributed by atoms with van der Waals surface area (Å²) in [7, 11) is 4.16. The zero-order valence-corrected chi connectivity index (χ0v) is 14.4. The van der Waals surface area contributed by atoms with Crippen LogP contribution in [-0.4, -0.2) is 23.9 Å². The van der Waals surface area contributed by atoms with Gasteiger partial charge in [-0.1, -0.05) is 0 Å². The number of nitrogens with zero attached hydrogens (tertiary/aromatic N) is 4. The molecule has 0 saturated heterocycles. The summed E-state index contributed by atoms with van der Waals surface area (Å²) in [5, 5.41) is 17.9. The molecule has 0 atom stereocenters. The normalized spacial score (nSPS) is 14.7. The average molecular weight is 326 g/mol. The first kappa shape index (κ1) is 14.6. The molecule has 110 valence electrons. The first-order valence-electron chi connectivity index (χ1n) is 6.71. The van der Waals surface area contributed by atoms with Crippen LogP contribution in [0.3, 0.4) is 0 Å².